The van der Waals surface area contributed by atoms with Crippen LogP contribution in [0.5, 0.6) is 0 Å². The van der Waals surface area contributed by atoms with Crippen molar-refractivity contribution in [3.8, 4) is 0 Å². The molecule has 0 radical (unpaired) electrons. The van der Waals surface area contributed by atoms with Crippen LogP contribution in [0.1, 0.15) is 17.3 Å². The first-order valence-electron chi connectivity index (χ1n) is 8.94. The Hall–Kier alpha value is -2.51. The summed E-state index contributed by atoms with van der Waals surface area (Å²) in [6.45, 7) is 0.802. The fourth-order valence-corrected chi connectivity index (χ4v) is 5.54. The van der Waals surface area contributed by atoms with Crippen LogP contribution >= 0.6 is 31.9 Å². The standard InChI is InChI=1S/C21H13Br2N5/c22-10-7-13-14(9-26-16(13)15(23)8-10)21-27-19-11-3-1-5-24-17(11)18-12(20(19)28-21)4-2-6-25-18/h1-8,14,26H,9H2,(H,27,28). The van der Waals surface area contributed by atoms with Crippen molar-refractivity contribution in [2.24, 2.45) is 0 Å². The van der Waals surface area contributed by atoms with Gasteiger partial charge in [0.2, 0.25) is 0 Å². The number of nitrogens with one attached hydrogen (secondary N) is 2. The third kappa shape index (κ3) is 2.26. The predicted octanol–water partition coefficient (Wildman–Crippen LogP) is 5.74. The third-order valence-corrected chi connectivity index (χ3v) is 6.44. The summed E-state index contributed by atoms with van der Waals surface area (Å²) in [5.41, 5.74) is 6.11. The number of rotatable bonds is 1. The Labute approximate surface area is 176 Å². The van der Waals surface area contributed by atoms with Gasteiger partial charge in [0, 0.05) is 38.7 Å². The van der Waals surface area contributed by atoms with Gasteiger partial charge in [-0.2, -0.15) is 0 Å². The van der Waals surface area contributed by atoms with Crippen LogP contribution in [0.3, 0.4) is 0 Å². The summed E-state index contributed by atoms with van der Waals surface area (Å²) in [6, 6.07) is 12.3. The molecular formula is C21H13Br2N5. The molecule has 0 amide bonds. The van der Waals surface area contributed by atoms with E-state index in [2.05, 4.69) is 76.4 Å². The van der Waals surface area contributed by atoms with Crippen LogP contribution in [0.2, 0.25) is 0 Å². The SMILES string of the molecule is Brc1cc(Br)c2c(c1)C(c1nc3c4cccnc4c4ncccc4c3[nH]1)CN2. The third-order valence-electron chi connectivity index (χ3n) is 5.36. The lowest BCUT2D eigenvalue weighted by atomic mass is 10.0. The molecule has 0 fully saturated rings. The van der Waals surface area contributed by atoms with Crippen LogP contribution in [-0.2, 0) is 0 Å². The fraction of sp³-hybridized carbons (Fsp3) is 0.0952. The lowest BCUT2D eigenvalue weighted by Gasteiger charge is -2.08. The van der Waals surface area contributed by atoms with Crippen LogP contribution in [-0.4, -0.2) is 26.5 Å². The van der Waals surface area contributed by atoms with Crippen molar-refractivity contribution >= 4 is 70.4 Å². The number of fused-ring (bicyclic) bond motifs is 7. The first kappa shape index (κ1) is 16.4. The number of benzene rings is 2. The number of halogens is 2. The van der Waals surface area contributed by atoms with E-state index in [4.69, 9.17) is 4.98 Å². The lowest BCUT2D eigenvalue weighted by molar-refractivity contribution is 0.836. The summed E-state index contributed by atoms with van der Waals surface area (Å²) in [5.74, 6) is 1.10. The molecule has 0 saturated heterocycles. The van der Waals surface area contributed by atoms with Crippen molar-refractivity contribution in [2.75, 3.05) is 11.9 Å². The van der Waals surface area contributed by atoms with Crippen LogP contribution in [0.4, 0.5) is 5.69 Å². The van der Waals surface area contributed by atoms with Gasteiger partial charge in [-0.1, -0.05) is 15.9 Å². The second-order valence-corrected chi connectivity index (χ2v) is 8.70. The van der Waals surface area contributed by atoms with Gasteiger partial charge in [-0.25, -0.2) is 4.98 Å². The van der Waals surface area contributed by atoms with Crippen molar-refractivity contribution in [3.63, 3.8) is 0 Å². The number of aromatic amines is 1. The maximum Gasteiger partial charge on any atom is 0.116 e. The predicted molar refractivity (Wildman–Crippen MR) is 119 cm³/mol. The summed E-state index contributed by atoms with van der Waals surface area (Å²) in [7, 11) is 0. The topological polar surface area (TPSA) is 66.5 Å². The number of anilines is 1. The molecule has 0 saturated carbocycles. The molecule has 5 aromatic rings. The minimum Gasteiger partial charge on any atom is -0.383 e. The molecule has 2 aromatic carbocycles. The van der Waals surface area contributed by atoms with Crippen molar-refractivity contribution in [1.29, 1.82) is 0 Å². The first-order valence-corrected chi connectivity index (χ1v) is 10.5. The van der Waals surface area contributed by atoms with E-state index in [-0.39, 0.29) is 5.92 Å². The average molecular weight is 495 g/mol. The van der Waals surface area contributed by atoms with Crippen molar-refractivity contribution in [1.82, 2.24) is 19.9 Å². The number of nitrogens with zero attached hydrogens (tertiary/aromatic N) is 3. The minimum atomic E-state index is 0.148. The minimum absolute atomic E-state index is 0.148. The molecule has 5 nitrogen and oxygen atoms in total. The van der Waals surface area contributed by atoms with E-state index in [1.54, 1.807) is 0 Å². The molecule has 1 unspecified atom stereocenters. The number of hydrogen-bond acceptors (Lipinski definition) is 4. The van der Waals surface area contributed by atoms with Gasteiger partial charge in [0.15, 0.2) is 0 Å². The number of imidazole rings is 1. The van der Waals surface area contributed by atoms with E-state index >= 15 is 0 Å². The summed E-state index contributed by atoms with van der Waals surface area (Å²) >= 11 is 7.27. The van der Waals surface area contributed by atoms with E-state index in [1.165, 1.54) is 5.56 Å². The van der Waals surface area contributed by atoms with Crippen molar-refractivity contribution < 1.29 is 0 Å². The summed E-state index contributed by atoms with van der Waals surface area (Å²) < 4.78 is 2.10. The highest BCUT2D eigenvalue weighted by molar-refractivity contribution is 9.11. The molecular weight excluding hydrogens is 482 g/mol. The zero-order valence-corrected chi connectivity index (χ0v) is 17.7. The molecule has 7 heteroatoms. The molecule has 3 aromatic heterocycles. The first-order chi connectivity index (χ1) is 13.7. The van der Waals surface area contributed by atoms with Gasteiger partial charge in [-0.05, 0) is 57.9 Å². The summed E-state index contributed by atoms with van der Waals surface area (Å²) in [6.07, 6.45) is 3.62. The highest BCUT2D eigenvalue weighted by atomic mass is 79.9. The van der Waals surface area contributed by atoms with E-state index in [0.29, 0.717) is 0 Å². The molecule has 1 atom stereocenters. The van der Waals surface area contributed by atoms with Crippen molar-refractivity contribution in [3.05, 3.63) is 69.1 Å². The Morgan fingerprint density at radius 1 is 0.929 bits per heavy atom. The molecule has 0 spiro atoms. The monoisotopic (exact) mass is 493 g/mol. The second kappa shape index (κ2) is 5.99. The van der Waals surface area contributed by atoms with Crippen LogP contribution in [0, 0.1) is 0 Å². The Morgan fingerprint density at radius 3 is 2.50 bits per heavy atom. The van der Waals surface area contributed by atoms with E-state index in [0.717, 1.165) is 59.8 Å². The van der Waals surface area contributed by atoms with Gasteiger partial charge in [0.1, 0.15) is 5.82 Å². The van der Waals surface area contributed by atoms with Gasteiger partial charge >= 0.3 is 0 Å². The van der Waals surface area contributed by atoms with Gasteiger partial charge in [0.25, 0.3) is 0 Å². The number of pyridine rings is 2. The Balaban J connectivity index is 1.66. The highest BCUT2D eigenvalue weighted by Crippen LogP contribution is 2.42. The average Bonchev–Trinajstić information content (AvgIpc) is 3.33. The normalized spacial score (nSPS) is 16.0. The van der Waals surface area contributed by atoms with Crippen molar-refractivity contribution in [2.45, 2.75) is 5.92 Å². The number of hydrogen-bond donors (Lipinski definition) is 2. The quantitative estimate of drug-likeness (QED) is 0.291. The van der Waals surface area contributed by atoms with Crippen LogP contribution < -0.4 is 5.32 Å². The summed E-state index contributed by atoms with van der Waals surface area (Å²) in [5, 5.41) is 5.58. The van der Waals surface area contributed by atoms with Gasteiger partial charge < -0.3 is 10.3 Å². The van der Waals surface area contributed by atoms with Gasteiger partial charge in [-0.3, -0.25) is 9.97 Å². The van der Waals surface area contributed by atoms with E-state index < -0.39 is 0 Å². The Bertz CT molecular complexity index is 1340. The molecule has 0 aliphatic carbocycles. The molecule has 136 valence electrons. The molecule has 28 heavy (non-hydrogen) atoms. The largest absolute Gasteiger partial charge is 0.383 e. The maximum absolute atomic E-state index is 5.04. The number of aromatic nitrogens is 4. The van der Waals surface area contributed by atoms with Crippen LogP contribution in [0.25, 0.3) is 32.8 Å². The second-order valence-electron chi connectivity index (χ2n) is 6.93. The zero-order chi connectivity index (χ0) is 18.8. The molecule has 4 heterocycles. The maximum atomic E-state index is 5.04. The van der Waals surface area contributed by atoms with E-state index in [9.17, 15) is 0 Å². The highest BCUT2D eigenvalue weighted by Gasteiger charge is 2.29. The van der Waals surface area contributed by atoms with Gasteiger partial charge in [0.05, 0.1) is 33.7 Å². The summed E-state index contributed by atoms with van der Waals surface area (Å²) in [4.78, 5) is 17.8. The van der Waals surface area contributed by atoms with Gasteiger partial charge in [-0.15, -0.1) is 0 Å². The molecule has 0 bridgehead atoms. The fourth-order valence-electron chi connectivity index (χ4n) is 4.14. The molecule has 6 rings (SSSR count). The zero-order valence-electron chi connectivity index (χ0n) is 14.5. The number of H-pyrrole nitrogens is 1. The molecule has 2 N–H and O–H groups in total. The Morgan fingerprint density at radius 2 is 1.68 bits per heavy atom. The molecule has 1 aliphatic rings. The smallest absolute Gasteiger partial charge is 0.116 e. The lowest BCUT2D eigenvalue weighted by Crippen LogP contribution is -2.05. The van der Waals surface area contributed by atoms with E-state index in [1.807, 2.05) is 24.5 Å². The molecule has 1 aliphatic heterocycles. The van der Waals surface area contributed by atoms with Crippen LogP contribution in [0.15, 0.2) is 57.7 Å². The Kier molecular flexibility index (Phi) is 3.52.